The lowest BCUT2D eigenvalue weighted by atomic mass is 10.1. The van der Waals surface area contributed by atoms with E-state index in [2.05, 4.69) is 4.90 Å². The second kappa shape index (κ2) is 10.3. The average Bonchev–Trinajstić information content (AvgIpc) is 2.78. The van der Waals surface area contributed by atoms with Crippen LogP contribution < -0.4 is 9.47 Å². The van der Waals surface area contributed by atoms with Crippen LogP contribution in [0.5, 0.6) is 11.5 Å². The van der Waals surface area contributed by atoms with Crippen LogP contribution in [0.3, 0.4) is 0 Å². The first kappa shape index (κ1) is 21.8. The van der Waals surface area contributed by atoms with Gasteiger partial charge in [0.15, 0.2) is 6.79 Å². The fourth-order valence-electron chi connectivity index (χ4n) is 3.85. The zero-order valence-corrected chi connectivity index (χ0v) is 17.9. The van der Waals surface area contributed by atoms with Crippen molar-refractivity contribution in [1.82, 2.24) is 4.90 Å². The van der Waals surface area contributed by atoms with Crippen molar-refractivity contribution < 1.29 is 23.9 Å². The normalized spacial score (nSPS) is 16.4. The minimum atomic E-state index is -0.379. The Morgan fingerprint density at radius 2 is 1.97 bits per heavy atom. The summed E-state index contributed by atoms with van der Waals surface area (Å²) in [6.07, 6.45) is 1.57. The maximum absolute atomic E-state index is 11.3. The zero-order chi connectivity index (χ0) is 21.6. The summed E-state index contributed by atoms with van der Waals surface area (Å²) in [7, 11) is 0. The van der Waals surface area contributed by atoms with E-state index in [1.807, 2.05) is 12.1 Å². The van der Waals surface area contributed by atoms with Crippen molar-refractivity contribution in [2.24, 2.45) is 0 Å². The van der Waals surface area contributed by atoms with E-state index in [9.17, 15) is 10.1 Å². The molecule has 31 heavy (non-hydrogen) atoms. The minimum absolute atomic E-state index is 0.0642. The molecule has 0 spiro atoms. The molecule has 2 aliphatic rings. The highest BCUT2D eigenvalue weighted by Gasteiger charge is 2.18. The predicted molar refractivity (Wildman–Crippen MR) is 115 cm³/mol. The molecular weight excluding hydrogens is 424 g/mol. The second-order valence-corrected chi connectivity index (χ2v) is 8.00. The van der Waals surface area contributed by atoms with E-state index in [1.165, 1.54) is 6.07 Å². The van der Waals surface area contributed by atoms with Crippen molar-refractivity contribution in [2.75, 3.05) is 39.6 Å². The van der Waals surface area contributed by atoms with Crippen LogP contribution in [0.4, 0.5) is 5.69 Å². The third-order valence-electron chi connectivity index (χ3n) is 5.41. The molecule has 2 aromatic rings. The molecule has 0 N–H and O–H groups in total. The number of fused-ring (bicyclic) bond motifs is 1. The van der Waals surface area contributed by atoms with Crippen molar-refractivity contribution in [3.63, 3.8) is 0 Å². The zero-order valence-electron chi connectivity index (χ0n) is 17.2. The van der Waals surface area contributed by atoms with Crippen molar-refractivity contribution in [1.29, 1.82) is 0 Å². The minimum Gasteiger partial charge on any atom is -0.488 e. The number of hydrogen-bond acceptors (Lipinski definition) is 7. The quantitative estimate of drug-likeness (QED) is 0.446. The van der Waals surface area contributed by atoms with Gasteiger partial charge < -0.3 is 18.9 Å². The summed E-state index contributed by atoms with van der Waals surface area (Å²) >= 11 is 6.24. The van der Waals surface area contributed by atoms with Crippen LogP contribution in [0.25, 0.3) is 0 Å². The van der Waals surface area contributed by atoms with Gasteiger partial charge in [-0.15, -0.1) is 0 Å². The number of aryl methyl sites for hydroxylation is 1. The monoisotopic (exact) mass is 448 g/mol. The molecule has 1 saturated heterocycles. The van der Waals surface area contributed by atoms with Crippen molar-refractivity contribution >= 4 is 17.3 Å². The summed E-state index contributed by atoms with van der Waals surface area (Å²) < 4.78 is 22.4. The molecule has 1 fully saturated rings. The topological polar surface area (TPSA) is 83.3 Å². The van der Waals surface area contributed by atoms with Crippen LogP contribution in [-0.4, -0.2) is 49.5 Å². The van der Waals surface area contributed by atoms with Crippen LogP contribution in [-0.2, 0) is 29.1 Å². The number of halogens is 1. The molecule has 0 aromatic heterocycles. The molecule has 0 bridgehead atoms. The third kappa shape index (κ3) is 5.65. The van der Waals surface area contributed by atoms with Crippen molar-refractivity contribution in [3.05, 3.63) is 62.2 Å². The molecule has 4 rings (SSSR count). The molecule has 0 atom stereocenters. The number of nitrogens with zero attached hydrogens (tertiary/aromatic N) is 2. The highest BCUT2D eigenvalue weighted by atomic mass is 35.5. The van der Waals surface area contributed by atoms with E-state index in [1.54, 1.807) is 12.1 Å². The number of benzene rings is 2. The van der Waals surface area contributed by atoms with Gasteiger partial charge in [0.25, 0.3) is 5.69 Å². The Hall–Kier alpha value is -2.39. The van der Waals surface area contributed by atoms with Gasteiger partial charge in [-0.1, -0.05) is 11.6 Å². The lowest BCUT2D eigenvalue weighted by Crippen LogP contribution is -2.36. The number of ether oxygens (including phenoxy) is 4. The van der Waals surface area contributed by atoms with Gasteiger partial charge in [-0.2, -0.15) is 0 Å². The Balaban J connectivity index is 1.47. The lowest BCUT2D eigenvalue weighted by Gasteiger charge is -2.26. The van der Waals surface area contributed by atoms with E-state index in [-0.39, 0.29) is 24.0 Å². The SMILES string of the molecule is O=[N+]([O-])c1ccc(OCc2cc(Cl)cc3c2OCOC3)c(CCCN2CCOCC2)c1. The standard InChI is InChI=1S/C22H25ClN2O6/c23-19-10-17-13-29-15-31-22(17)18(11-19)14-30-21-4-3-20(25(26)27)12-16(21)2-1-5-24-6-8-28-9-7-24/h3-4,10-12H,1-2,5-9,13-15H2. The van der Waals surface area contributed by atoms with Crippen LogP contribution >= 0.6 is 11.6 Å². The maximum Gasteiger partial charge on any atom is 0.269 e. The van der Waals surface area contributed by atoms with Gasteiger partial charge in [0.05, 0.1) is 24.7 Å². The molecule has 0 saturated carbocycles. The Morgan fingerprint density at radius 1 is 1.13 bits per heavy atom. The number of nitro groups is 1. The molecule has 0 radical (unpaired) electrons. The lowest BCUT2D eigenvalue weighted by molar-refractivity contribution is -0.384. The smallest absolute Gasteiger partial charge is 0.269 e. The van der Waals surface area contributed by atoms with Gasteiger partial charge in [-0.05, 0) is 37.6 Å². The summed E-state index contributed by atoms with van der Waals surface area (Å²) in [6.45, 7) is 5.13. The first-order valence-electron chi connectivity index (χ1n) is 10.3. The third-order valence-corrected chi connectivity index (χ3v) is 5.63. The van der Waals surface area contributed by atoms with Crippen LogP contribution in [0, 0.1) is 10.1 Å². The number of morpholine rings is 1. The average molecular weight is 449 g/mol. The Bertz CT molecular complexity index is 932. The molecule has 8 nitrogen and oxygen atoms in total. The van der Waals surface area contributed by atoms with E-state index >= 15 is 0 Å². The highest BCUT2D eigenvalue weighted by molar-refractivity contribution is 6.30. The summed E-state index contributed by atoms with van der Waals surface area (Å²) in [5.41, 5.74) is 2.59. The molecule has 166 valence electrons. The van der Waals surface area contributed by atoms with E-state index in [4.69, 9.17) is 30.5 Å². The number of hydrogen-bond donors (Lipinski definition) is 0. The van der Waals surface area contributed by atoms with Gasteiger partial charge in [0.2, 0.25) is 0 Å². The van der Waals surface area contributed by atoms with Gasteiger partial charge >= 0.3 is 0 Å². The van der Waals surface area contributed by atoms with E-state index in [0.29, 0.717) is 23.8 Å². The van der Waals surface area contributed by atoms with Gasteiger partial charge in [-0.25, -0.2) is 0 Å². The Morgan fingerprint density at radius 3 is 2.77 bits per heavy atom. The summed E-state index contributed by atoms with van der Waals surface area (Å²) in [5, 5.41) is 11.8. The van der Waals surface area contributed by atoms with E-state index < -0.39 is 0 Å². The van der Waals surface area contributed by atoms with Gasteiger partial charge in [0.1, 0.15) is 18.1 Å². The predicted octanol–water partition coefficient (Wildman–Crippen LogP) is 3.96. The largest absolute Gasteiger partial charge is 0.488 e. The van der Waals surface area contributed by atoms with Gasteiger partial charge in [-0.3, -0.25) is 15.0 Å². The second-order valence-electron chi connectivity index (χ2n) is 7.56. The van der Waals surface area contributed by atoms with Crippen molar-refractivity contribution in [3.8, 4) is 11.5 Å². The Kier molecular flexibility index (Phi) is 7.24. The number of nitro benzene ring substituents is 1. The summed E-state index contributed by atoms with van der Waals surface area (Å²) in [4.78, 5) is 13.2. The van der Waals surface area contributed by atoms with Crippen LogP contribution in [0.2, 0.25) is 5.02 Å². The number of rotatable bonds is 8. The fourth-order valence-corrected chi connectivity index (χ4v) is 4.12. The summed E-state index contributed by atoms with van der Waals surface area (Å²) in [5.74, 6) is 1.36. The summed E-state index contributed by atoms with van der Waals surface area (Å²) in [6, 6.07) is 8.38. The van der Waals surface area contributed by atoms with Crippen molar-refractivity contribution in [2.45, 2.75) is 26.1 Å². The molecular formula is C22H25ClN2O6. The molecule has 9 heteroatoms. The van der Waals surface area contributed by atoms with E-state index in [0.717, 1.165) is 61.7 Å². The first-order valence-corrected chi connectivity index (χ1v) is 10.7. The van der Waals surface area contributed by atoms with Gasteiger partial charge in [0, 0.05) is 46.9 Å². The molecule has 0 unspecified atom stereocenters. The molecule has 2 aliphatic heterocycles. The Labute approximate surface area is 185 Å². The highest BCUT2D eigenvalue weighted by Crippen LogP contribution is 2.33. The maximum atomic E-state index is 11.3. The van der Waals surface area contributed by atoms with Crippen LogP contribution in [0.15, 0.2) is 30.3 Å². The molecule has 0 amide bonds. The fraction of sp³-hybridized carbons (Fsp3) is 0.455. The molecule has 0 aliphatic carbocycles. The van der Waals surface area contributed by atoms with Crippen LogP contribution in [0.1, 0.15) is 23.1 Å². The number of non-ortho nitro benzene ring substituents is 1. The molecule has 2 heterocycles. The molecule has 2 aromatic carbocycles. The first-order chi connectivity index (χ1) is 15.1.